The van der Waals surface area contributed by atoms with Gasteiger partial charge in [0.2, 0.25) is 5.88 Å². The van der Waals surface area contributed by atoms with Crippen LogP contribution in [0.4, 0.5) is 5.82 Å². The van der Waals surface area contributed by atoms with Crippen molar-refractivity contribution in [2.45, 2.75) is 13.8 Å². The predicted octanol–water partition coefficient (Wildman–Crippen LogP) is 3.77. The lowest BCUT2D eigenvalue weighted by Gasteiger charge is -2.11. The number of ether oxygens (including phenoxy) is 1. The largest absolute Gasteiger partial charge is 0.437 e. The monoisotopic (exact) mass is 283 g/mol. The number of nitrogens with zero attached hydrogens (tertiary/aromatic N) is 2. The highest BCUT2D eigenvalue weighted by Crippen LogP contribution is 2.32. The van der Waals surface area contributed by atoms with E-state index in [4.69, 9.17) is 33.7 Å². The van der Waals surface area contributed by atoms with Crippen LogP contribution in [0.3, 0.4) is 0 Å². The fraction of sp³-hybridized carbons (Fsp3) is 0.167. The number of benzene rings is 1. The topological polar surface area (TPSA) is 61.0 Å². The summed E-state index contributed by atoms with van der Waals surface area (Å²) in [5.74, 6) is 1.80. The molecule has 6 heteroatoms. The fourth-order valence-electron chi connectivity index (χ4n) is 1.39. The Kier molecular flexibility index (Phi) is 3.59. The number of hydrogen-bond donors (Lipinski definition) is 1. The highest BCUT2D eigenvalue weighted by atomic mass is 35.5. The van der Waals surface area contributed by atoms with Gasteiger partial charge in [-0.25, -0.2) is 4.98 Å². The Morgan fingerprint density at radius 2 is 1.89 bits per heavy atom. The van der Waals surface area contributed by atoms with E-state index in [0.29, 0.717) is 38.9 Å². The zero-order valence-electron chi connectivity index (χ0n) is 9.87. The summed E-state index contributed by atoms with van der Waals surface area (Å²) in [7, 11) is 0. The van der Waals surface area contributed by atoms with E-state index < -0.39 is 0 Å². The van der Waals surface area contributed by atoms with Gasteiger partial charge in [-0.05, 0) is 32.0 Å². The van der Waals surface area contributed by atoms with Gasteiger partial charge < -0.3 is 10.5 Å². The van der Waals surface area contributed by atoms with E-state index in [0.717, 1.165) is 0 Å². The maximum atomic E-state index is 6.03. The lowest BCUT2D eigenvalue weighted by molar-refractivity contribution is 0.456. The smallest absolute Gasteiger partial charge is 0.227 e. The second-order valence-electron chi connectivity index (χ2n) is 3.76. The van der Waals surface area contributed by atoms with E-state index in [1.165, 1.54) is 0 Å². The van der Waals surface area contributed by atoms with E-state index in [-0.39, 0.29) is 0 Å². The Hall–Kier alpha value is -1.52. The van der Waals surface area contributed by atoms with Crippen molar-refractivity contribution >= 4 is 29.0 Å². The van der Waals surface area contributed by atoms with E-state index in [2.05, 4.69) is 9.97 Å². The summed E-state index contributed by atoms with van der Waals surface area (Å²) < 4.78 is 5.63. The van der Waals surface area contributed by atoms with Gasteiger partial charge in [-0.1, -0.05) is 23.2 Å². The Balaban J connectivity index is 2.40. The Bertz CT molecular complexity index is 602. The Morgan fingerprint density at radius 1 is 1.17 bits per heavy atom. The van der Waals surface area contributed by atoms with E-state index in [1.54, 1.807) is 32.0 Å². The molecule has 0 bridgehead atoms. The van der Waals surface area contributed by atoms with Crippen molar-refractivity contribution in [2.75, 3.05) is 5.73 Å². The third kappa shape index (κ3) is 2.66. The maximum Gasteiger partial charge on any atom is 0.227 e. The first-order valence-electron chi connectivity index (χ1n) is 5.21. The van der Waals surface area contributed by atoms with Crippen molar-refractivity contribution in [1.29, 1.82) is 0 Å². The van der Waals surface area contributed by atoms with Gasteiger partial charge in [-0.2, -0.15) is 4.98 Å². The lowest BCUT2D eigenvalue weighted by atomic mass is 10.3. The molecule has 94 valence electrons. The number of hydrogen-bond acceptors (Lipinski definition) is 4. The van der Waals surface area contributed by atoms with Crippen LogP contribution in [0.2, 0.25) is 10.0 Å². The van der Waals surface area contributed by atoms with E-state index in [1.807, 2.05) is 0 Å². The average Bonchev–Trinajstić information content (AvgIpc) is 2.29. The lowest BCUT2D eigenvalue weighted by Crippen LogP contribution is -2.02. The molecule has 0 saturated heterocycles. The molecular weight excluding hydrogens is 273 g/mol. The Morgan fingerprint density at radius 3 is 2.56 bits per heavy atom. The number of rotatable bonds is 2. The van der Waals surface area contributed by atoms with Crippen LogP contribution >= 0.6 is 23.2 Å². The third-order valence-electron chi connectivity index (χ3n) is 2.35. The average molecular weight is 284 g/mol. The van der Waals surface area contributed by atoms with Crippen LogP contribution in [0.1, 0.15) is 11.4 Å². The number of nitrogens with two attached hydrogens (primary N) is 1. The van der Waals surface area contributed by atoms with Crippen molar-refractivity contribution in [3.8, 4) is 11.6 Å². The van der Waals surface area contributed by atoms with Gasteiger partial charge in [-0.15, -0.1) is 0 Å². The van der Waals surface area contributed by atoms with E-state index in [9.17, 15) is 0 Å². The molecule has 0 radical (unpaired) electrons. The molecule has 2 N–H and O–H groups in total. The van der Waals surface area contributed by atoms with Crippen LogP contribution in [-0.4, -0.2) is 9.97 Å². The molecule has 0 saturated carbocycles. The summed E-state index contributed by atoms with van der Waals surface area (Å²) >= 11 is 11.8. The van der Waals surface area contributed by atoms with Gasteiger partial charge in [0, 0.05) is 5.02 Å². The molecule has 0 atom stereocenters. The number of anilines is 1. The highest BCUT2D eigenvalue weighted by Gasteiger charge is 2.11. The first kappa shape index (κ1) is 12.9. The molecule has 0 spiro atoms. The molecule has 0 unspecified atom stereocenters. The van der Waals surface area contributed by atoms with Crippen molar-refractivity contribution in [3.63, 3.8) is 0 Å². The zero-order valence-corrected chi connectivity index (χ0v) is 11.4. The normalized spacial score (nSPS) is 10.4. The Labute approximate surface area is 115 Å². The van der Waals surface area contributed by atoms with Crippen molar-refractivity contribution in [3.05, 3.63) is 39.6 Å². The van der Waals surface area contributed by atoms with Gasteiger partial charge in [0.05, 0.1) is 10.6 Å². The fourth-order valence-corrected chi connectivity index (χ4v) is 1.83. The standard InChI is InChI=1S/C12H11Cl2N3O/c1-6-11(15)16-7(2)17-12(6)18-10-4-3-8(13)5-9(10)14/h3-5H,1-2H3,(H2,15,16,17). The van der Waals surface area contributed by atoms with Crippen LogP contribution in [0.25, 0.3) is 0 Å². The molecule has 0 amide bonds. The second kappa shape index (κ2) is 5.00. The zero-order chi connectivity index (χ0) is 13.3. The summed E-state index contributed by atoms with van der Waals surface area (Å²) in [6.07, 6.45) is 0. The number of halogens is 2. The van der Waals surface area contributed by atoms with Gasteiger partial charge in [-0.3, -0.25) is 0 Å². The van der Waals surface area contributed by atoms with Crippen molar-refractivity contribution < 1.29 is 4.74 Å². The summed E-state index contributed by atoms with van der Waals surface area (Å²) in [5, 5.41) is 0.958. The molecule has 18 heavy (non-hydrogen) atoms. The third-order valence-corrected chi connectivity index (χ3v) is 2.88. The molecule has 1 aromatic carbocycles. The van der Waals surface area contributed by atoms with Crippen molar-refractivity contribution in [1.82, 2.24) is 9.97 Å². The number of aryl methyl sites for hydroxylation is 1. The minimum atomic E-state index is 0.391. The van der Waals surface area contributed by atoms with Gasteiger partial charge in [0.25, 0.3) is 0 Å². The molecule has 2 aromatic rings. The molecule has 2 rings (SSSR count). The van der Waals surface area contributed by atoms with Crippen LogP contribution in [-0.2, 0) is 0 Å². The van der Waals surface area contributed by atoms with Gasteiger partial charge in [0.15, 0.2) is 0 Å². The first-order chi connectivity index (χ1) is 8.47. The summed E-state index contributed by atoms with van der Waals surface area (Å²) in [6.45, 7) is 3.53. The van der Waals surface area contributed by atoms with Crippen LogP contribution < -0.4 is 10.5 Å². The molecule has 0 fully saturated rings. The second-order valence-corrected chi connectivity index (χ2v) is 4.61. The van der Waals surface area contributed by atoms with Crippen LogP contribution in [0, 0.1) is 13.8 Å². The quantitative estimate of drug-likeness (QED) is 0.911. The molecule has 1 aromatic heterocycles. The molecule has 4 nitrogen and oxygen atoms in total. The van der Waals surface area contributed by atoms with Crippen molar-refractivity contribution in [2.24, 2.45) is 0 Å². The van der Waals surface area contributed by atoms with Gasteiger partial charge >= 0.3 is 0 Å². The summed E-state index contributed by atoms with van der Waals surface area (Å²) in [6, 6.07) is 4.97. The maximum absolute atomic E-state index is 6.03. The SMILES string of the molecule is Cc1nc(N)c(C)c(Oc2ccc(Cl)cc2Cl)n1. The van der Waals surface area contributed by atoms with Gasteiger partial charge in [0.1, 0.15) is 17.4 Å². The molecule has 0 aliphatic heterocycles. The van der Waals surface area contributed by atoms with Crippen LogP contribution in [0.5, 0.6) is 11.6 Å². The first-order valence-corrected chi connectivity index (χ1v) is 5.96. The van der Waals surface area contributed by atoms with E-state index >= 15 is 0 Å². The summed E-state index contributed by atoms with van der Waals surface area (Å²) in [4.78, 5) is 8.23. The molecule has 1 heterocycles. The molecular formula is C12H11Cl2N3O. The highest BCUT2D eigenvalue weighted by molar-refractivity contribution is 6.35. The minimum Gasteiger partial charge on any atom is -0.437 e. The molecule has 0 aliphatic carbocycles. The van der Waals surface area contributed by atoms with Crippen LogP contribution in [0.15, 0.2) is 18.2 Å². The predicted molar refractivity (Wildman–Crippen MR) is 72.5 cm³/mol. The number of nitrogen functional groups attached to an aromatic ring is 1. The molecule has 0 aliphatic rings. The minimum absolute atomic E-state index is 0.391. The summed E-state index contributed by atoms with van der Waals surface area (Å²) in [5.41, 5.74) is 6.42. The number of aromatic nitrogens is 2.